The fraction of sp³-hybridized carbons (Fsp3) is 0.421. The van der Waals surface area contributed by atoms with Gasteiger partial charge in [0, 0.05) is 18.5 Å². The number of hydrogen-bond donors (Lipinski definition) is 6. The highest BCUT2D eigenvalue weighted by Crippen LogP contribution is 2.10. The van der Waals surface area contributed by atoms with E-state index >= 15 is 0 Å². The molecule has 0 saturated carbocycles. The van der Waals surface area contributed by atoms with Gasteiger partial charge in [-0.3, -0.25) is 14.8 Å². The van der Waals surface area contributed by atoms with Crippen molar-refractivity contribution in [2.75, 3.05) is 6.54 Å². The zero-order valence-electron chi connectivity index (χ0n) is 16.9. The summed E-state index contributed by atoms with van der Waals surface area (Å²) in [6.45, 7) is 0.149. The molecule has 0 aliphatic rings. The van der Waals surface area contributed by atoms with Crippen LogP contribution in [0.3, 0.4) is 0 Å². The summed E-state index contributed by atoms with van der Waals surface area (Å²) in [5.74, 6) is -5.33. The van der Waals surface area contributed by atoms with Crippen LogP contribution in [0.4, 0.5) is 9.18 Å². The van der Waals surface area contributed by atoms with E-state index in [1.165, 1.54) is 12.1 Å². The van der Waals surface area contributed by atoms with Gasteiger partial charge in [-0.2, -0.15) is 5.06 Å². The Labute approximate surface area is 181 Å². The van der Waals surface area contributed by atoms with Gasteiger partial charge in [-0.1, -0.05) is 0 Å². The Kier molecular flexibility index (Phi) is 10.6. The summed E-state index contributed by atoms with van der Waals surface area (Å²) in [6, 6.07) is 0.122. The van der Waals surface area contributed by atoms with Crippen molar-refractivity contribution in [2.45, 2.75) is 44.2 Å². The van der Waals surface area contributed by atoms with Crippen molar-refractivity contribution >= 4 is 29.8 Å². The molecule has 13 heteroatoms. The van der Waals surface area contributed by atoms with Gasteiger partial charge in [0.05, 0.1) is 0 Å². The van der Waals surface area contributed by atoms with E-state index in [0.29, 0.717) is 6.42 Å². The van der Waals surface area contributed by atoms with E-state index in [0.717, 1.165) is 12.1 Å². The Bertz CT molecular complexity index is 832. The maximum absolute atomic E-state index is 12.9. The maximum atomic E-state index is 12.9. The van der Waals surface area contributed by atoms with Gasteiger partial charge < -0.3 is 26.0 Å². The van der Waals surface area contributed by atoms with Gasteiger partial charge in [0.2, 0.25) is 0 Å². The third kappa shape index (κ3) is 8.95. The number of halogens is 1. The number of amides is 3. The minimum Gasteiger partial charge on any atom is -0.481 e. The van der Waals surface area contributed by atoms with E-state index in [2.05, 4.69) is 5.32 Å². The summed E-state index contributed by atoms with van der Waals surface area (Å²) in [6.07, 6.45) is -0.766. The molecule has 0 bridgehead atoms. The molecule has 32 heavy (non-hydrogen) atoms. The van der Waals surface area contributed by atoms with Crippen molar-refractivity contribution < 1.29 is 48.9 Å². The van der Waals surface area contributed by atoms with E-state index in [-0.39, 0.29) is 30.0 Å². The first-order valence-corrected chi connectivity index (χ1v) is 9.52. The lowest BCUT2D eigenvalue weighted by atomic mass is 10.1. The first-order chi connectivity index (χ1) is 15.0. The third-order valence-corrected chi connectivity index (χ3v) is 4.33. The standard InChI is InChI=1S/C19H24FN3O9/c20-12-6-4-11(5-7-12)16(26)21-10-2-1-3-14(18(29)30)23(32)19(31)22-13(17(27)28)8-9-15(24)25/h4-7,13-14,32H,1-3,8-10H2,(H,21,26)(H,22,31)(H,24,25)(H,27,28)(H,29,30). The number of nitrogens with one attached hydrogen (secondary N) is 2. The fourth-order valence-corrected chi connectivity index (χ4v) is 2.60. The molecule has 12 nitrogen and oxygen atoms in total. The molecule has 2 atom stereocenters. The first kappa shape index (κ1) is 26.3. The number of carboxylic acids is 3. The van der Waals surface area contributed by atoms with E-state index in [9.17, 15) is 38.7 Å². The lowest BCUT2D eigenvalue weighted by Crippen LogP contribution is -2.52. The highest BCUT2D eigenvalue weighted by Gasteiger charge is 2.31. The number of aliphatic carboxylic acids is 3. The number of urea groups is 1. The van der Waals surface area contributed by atoms with Crippen molar-refractivity contribution in [3.63, 3.8) is 0 Å². The summed E-state index contributed by atoms with van der Waals surface area (Å²) in [5.41, 5.74) is 0.240. The Hall–Kier alpha value is -3.74. The van der Waals surface area contributed by atoms with Crippen LogP contribution in [-0.2, 0) is 14.4 Å². The molecule has 3 amide bonds. The summed E-state index contributed by atoms with van der Waals surface area (Å²) < 4.78 is 12.9. The van der Waals surface area contributed by atoms with Gasteiger partial charge in [-0.15, -0.1) is 0 Å². The van der Waals surface area contributed by atoms with Crippen molar-refractivity contribution in [2.24, 2.45) is 0 Å². The van der Waals surface area contributed by atoms with E-state index in [1.807, 2.05) is 5.32 Å². The largest absolute Gasteiger partial charge is 0.481 e. The fourth-order valence-electron chi connectivity index (χ4n) is 2.60. The molecule has 1 rings (SSSR count). The SMILES string of the molecule is O=C(O)CCC(NC(=O)N(O)C(CCCCNC(=O)c1ccc(F)cc1)C(=O)O)C(=O)O. The molecule has 0 aliphatic heterocycles. The molecule has 1 aromatic carbocycles. The quantitative estimate of drug-likeness (QED) is 0.142. The van der Waals surface area contributed by atoms with Crippen molar-refractivity contribution in [3.05, 3.63) is 35.6 Å². The Morgan fingerprint density at radius 3 is 2.09 bits per heavy atom. The van der Waals surface area contributed by atoms with E-state index in [1.54, 1.807) is 0 Å². The predicted octanol–water partition coefficient (Wildman–Crippen LogP) is 0.898. The molecule has 0 aliphatic carbocycles. The molecule has 1 aromatic rings. The van der Waals surface area contributed by atoms with Crippen LogP contribution in [0.5, 0.6) is 0 Å². The topological polar surface area (TPSA) is 194 Å². The number of benzene rings is 1. The van der Waals surface area contributed by atoms with Crippen molar-refractivity contribution in [1.29, 1.82) is 0 Å². The van der Waals surface area contributed by atoms with Gasteiger partial charge in [0.1, 0.15) is 11.9 Å². The van der Waals surface area contributed by atoms with Crippen LogP contribution in [0.2, 0.25) is 0 Å². The van der Waals surface area contributed by atoms with Crippen molar-refractivity contribution in [3.8, 4) is 0 Å². The van der Waals surface area contributed by atoms with Gasteiger partial charge in [0.15, 0.2) is 6.04 Å². The molecule has 0 aromatic heterocycles. The number of carbonyl (C=O) groups excluding carboxylic acids is 2. The maximum Gasteiger partial charge on any atom is 0.342 e. The van der Waals surface area contributed by atoms with Crippen LogP contribution in [-0.4, -0.2) is 74.1 Å². The highest BCUT2D eigenvalue weighted by atomic mass is 19.1. The van der Waals surface area contributed by atoms with Crippen molar-refractivity contribution in [1.82, 2.24) is 15.7 Å². The number of carbonyl (C=O) groups is 5. The number of hydroxylamine groups is 2. The number of nitrogens with zero attached hydrogens (tertiary/aromatic N) is 1. The van der Waals surface area contributed by atoms with Gasteiger partial charge in [0.25, 0.3) is 5.91 Å². The van der Waals surface area contributed by atoms with E-state index < -0.39 is 60.6 Å². The molecule has 6 N–H and O–H groups in total. The van der Waals surface area contributed by atoms with Gasteiger partial charge >= 0.3 is 23.9 Å². The second-order valence-electron chi connectivity index (χ2n) is 6.73. The number of carboxylic acid groups (broad SMARTS) is 3. The molecule has 176 valence electrons. The average molecular weight is 457 g/mol. The molecule has 0 saturated heterocycles. The van der Waals surface area contributed by atoms with Crippen LogP contribution >= 0.6 is 0 Å². The Morgan fingerprint density at radius 1 is 0.938 bits per heavy atom. The molecular weight excluding hydrogens is 433 g/mol. The highest BCUT2D eigenvalue weighted by molar-refractivity contribution is 5.94. The summed E-state index contributed by atoms with van der Waals surface area (Å²) >= 11 is 0. The normalized spacial score (nSPS) is 12.3. The predicted molar refractivity (Wildman–Crippen MR) is 104 cm³/mol. The number of hydrogen-bond acceptors (Lipinski definition) is 6. The lowest BCUT2D eigenvalue weighted by Gasteiger charge is -2.24. The van der Waals surface area contributed by atoms with Crippen LogP contribution < -0.4 is 10.6 Å². The average Bonchev–Trinajstić information content (AvgIpc) is 2.72. The van der Waals surface area contributed by atoms with Crippen LogP contribution in [0.1, 0.15) is 42.5 Å². The number of unbranched alkanes of at least 4 members (excludes halogenated alkanes) is 1. The smallest absolute Gasteiger partial charge is 0.342 e. The molecular formula is C19H24FN3O9. The molecule has 0 spiro atoms. The molecule has 0 fully saturated rings. The van der Waals surface area contributed by atoms with Gasteiger partial charge in [-0.25, -0.2) is 18.8 Å². The van der Waals surface area contributed by atoms with Gasteiger partial charge in [-0.05, 0) is 49.9 Å². The molecule has 2 unspecified atom stereocenters. The zero-order valence-corrected chi connectivity index (χ0v) is 16.9. The zero-order chi connectivity index (χ0) is 24.3. The summed E-state index contributed by atoms with van der Waals surface area (Å²) in [5, 5.41) is 41.1. The Morgan fingerprint density at radius 2 is 1.56 bits per heavy atom. The first-order valence-electron chi connectivity index (χ1n) is 9.52. The third-order valence-electron chi connectivity index (χ3n) is 4.33. The molecule has 0 radical (unpaired) electrons. The second-order valence-corrected chi connectivity index (χ2v) is 6.73. The van der Waals surface area contributed by atoms with Crippen LogP contribution in [0.25, 0.3) is 0 Å². The van der Waals surface area contributed by atoms with E-state index in [4.69, 9.17) is 10.2 Å². The second kappa shape index (κ2) is 12.8. The van der Waals surface area contributed by atoms with Crippen LogP contribution in [0, 0.1) is 5.82 Å². The Balaban J connectivity index is 2.51. The monoisotopic (exact) mass is 457 g/mol. The minimum atomic E-state index is -1.70. The summed E-state index contributed by atoms with van der Waals surface area (Å²) in [7, 11) is 0. The summed E-state index contributed by atoms with van der Waals surface area (Å²) in [4.78, 5) is 57.0. The number of rotatable bonds is 13. The minimum absolute atomic E-state index is 0.149. The lowest BCUT2D eigenvalue weighted by molar-refractivity contribution is -0.157. The van der Waals surface area contributed by atoms with Crippen LogP contribution in [0.15, 0.2) is 24.3 Å². The molecule has 0 heterocycles.